The van der Waals surface area contributed by atoms with Crippen LogP contribution in [0.15, 0.2) is 60.7 Å². The molecule has 2 aromatic carbocycles. The second-order valence-corrected chi connectivity index (χ2v) is 14.3. The summed E-state index contributed by atoms with van der Waals surface area (Å²) in [5, 5.41) is 0. The Hall–Kier alpha value is -1.71. The summed E-state index contributed by atoms with van der Waals surface area (Å²) >= 11 is -0.105. The predicted octanol–water partition coefficient (Wildman–Crippen LogP) is 2.55. The zero-order chi connectivity index (χ0) is 22.4. The molecule has 3 rings (SSSR count). The van der Waals surface area contributed by atoms with Crippen LogP contribution in [0.5, 0.6) is 0 Å². The van der Waals surface area contributed by atoms with Gasteiger partial charge in [-0.3, -0.25) is 0 Å². The average Bonchev–Trinajstić information content (AvgIpc) is 3.18. The van der Waals surface area contributed by atoms with E-state index in [0.717, 1.165) is 0 Å². The summed E-state index contributed by atoms with van der Waals surface area (Å²) < 4.78 is 7.96. The summed E-state index contributed by atoms with van der Waals surface area (Å²) in [6, 6.07) is 20.4. The van der Waals surface area contributed by atoms with Gasteiger partial charge in [-0.15, -0.1) is 0 Å². The molecule has 0 spiro atoms. The zero-order valence-electron chi connectivity index (χ0n) is 18.1. The monoisotopic (exact) mass is 552 g/mol. The summed E-state index contributed by atoms with van der Waals surface area (Å²) in [7, 11) is 0. The van der Waals surface area contributed by atoms with Gasteiger partial charge in [-0.25, -0.2) is 0 Å². The van der Waals surface area contributed by atoms with Crippen molar-refractivity contribution >= 4 is 56.4 Å². The standard InChI is InChI=1S/C25H28O4Se2/c1-4-29-23(28)25(16-19(17(2)26)15-22(25)18(3)27)24(30-20-11-7-5-8-12-20)31-21-13-9-6-10-14-21/h5-14,19,22,24H,4,15-16H2,1-3H3/t19-,22+,25-/m0/s1. The van der Waals surface area contributed by atoms with E-state index < -0.39 is 11.3 Å². The van der Waals surface area contributed by atoms with Crippen LogP contribution in [0.1, 0.15) is 33.6 Å². The van der Waals surface area contributed by atoms with E-state index in [0.29, 0.717) is 12.8 Å². The molecule has 0 bridgehead atoms. The first-order chi connectivity index (χ1) is 14.9. The van der Waals surface area contributed by atoms with Crippen LogP contribution in [0, 0.1) is 17.3 Å². The Kier molecular flexibility index (Phi) is 8.29. The van der Waals surface area contributed by atoms with Gasteiger partial charge < -0.3 is 0 Å². The number of benzene rings is 2. The van der Waals surface area contributed by atoms with E-state index in [2.05, 4.69) is 24.3 Å². The Labute approximate surface area is 196 Å². The molecule has 0 aromatic heterocycles. The number of rotatable bonds is 9. The van der Waals surface area contributed by atoms with Gasteiger partial charge in [-0.2, -0.15) is 0 Å². The quantitative estimate of drug-likeness (QED) is 0.356. The molecule has 0 N–H and O–H groups in total. The molecule has 0 radical (unpaired) electrons. The number of carbonyl (C=O) groups is 3. The Bertz CT molecular complexity index is 874. The van der Waals surface area contributed by atoms with E-state index in [-0.39, 0.29) is 63.7 Å². The van der Waals surface area contributed by atoms with Crippen LogP contribution in [0.4, 0.5) is 0 Å². The third-order valence-corrected chi connectivity index (χ3v) is 12.9. The van der Waals surface area contributed by atoms with E-state index in [4.69, 9.17) is 4.74 Å². The predicted molar refractivity (Wildman–Crippen MR) is 124 cm³/mol. The van der Waals surface area contributed by atoms with Crippen molar-refractivity contribution in [3.63, 3.8) is 0 Å². The van der Waals surface area contributed by atoms with Crippen LogP contribution in [0.25, 0.3) is 0 Å². The molecule has 164 valence electrons. The fourth-order valence-corrected chi connectivity index (χ4v) is 12.1. The van der Waals surface area contributed by atoms with Gasteiger partial charge in [0.25, 0.3) is 0 Å². The van der Waals surface area contributed by atoms with Crippen LogP contribution in [0.2, 0.25) is 3.71 Å². The Morgan fingerprint density at radius 1 is 0.935 bits per heavy atom. The second kappa shape index (κ2) is 10.7. The third kappa shape index (κ3) is 5.38. The van der Waals surface area contributed by atoms with E-state index in [9.17, 15) is 14.4 Å². The first-order valence-corrected chi connectivity index (χ1v) is 14.2. The maximum absolute atomic E-state index is 13.6. The fourth-order valence-electron chi connectivity index (χ4n) is 4.29. The molecule has 0 unspecified atom stereocenters. The van der Waals surface area contributed by atoms with Gasteiger partial charge in [0, 0.05) is 0 Å². The van der Waals surface area contributed by atoms with Crippen LogP contribution in [-0.2, 0) is 19.1 Å². The van der Waals surface area contributed by atoms with Crippen molar-refractivity contribution in [2.24, 2.45) is 17.3 Å². The first-order valence-electron chi connectivity index (χ1n) is 10.5. The first kappa shape index (κ1) is 23.9. The normalized spacial score (nSPS) is 23.0. The molecule has 1 aliphatic carbocycles. The Balaban J connectivity index is 2.12. The molecular formula is C25H28O4Se2. The molecule has 0 heterocycles. The van der Waals surface area contributed by atoms with Crippen molar-refractivity contribution in [3.8, 4) is 0 Å². The minimum absolute atomic E-state index is 0.0190. The van der Waals surface area contributed by atoms with Crippen molar-refractivity contribution < 1.29 is 19.1 Å². The fraction of sp³-hybridized carbons (Fsp3) is 0.400. The van der Waals surface area contributed by atoms with Crippen molar-refractivity contribution in [1.29, 1.82) is 0 Å². The molecule has 3 atom stereocenters. The molecule has 1 fully saturated rings. The van der Waals surface area contributed by atoms with Crippen LogP contribution < -0.4 is 8.92 Å². The minimum atomic E-state index is -0.955. The van der Waals surface area contributed by atoms with Crippen molar-refractivity contribution in [3.05, 3.63) is 60.7 Å². The van der Waals surface area contributed by atoms with E-state index in [1.807, 2.05) is 36.4 Å². The van der Waals surface area contributed by atoms with Crippen molar-refractivity contribution in [2.45, 2.75) is 37.3 Å². The van der Waals surface area contributed by atoms with E-state index >= 15 is 0 Å². The molecule has 4 nitrogen and oxygen atoms in total. The number of esters is 1. The number of Topliss-reactive ketones (excluding diaryl/α,β-unsaturated/α-hetero) is 2. The SMILES string of the molecule is CCOC(=O)[C@]1(C([Se]c2ccccc2)[Se]c2ccccc2)C[C@@H](C(C)=O)C[C@@H]1C(C)=O. The molecule has 6 heteroatoms. The van der Waals surface area contributed by atoms with Gasteiger partial charge in [-0.05, 0) is 0 Å². The summed E-state index contributed by atoms with van der Waals surface area (Å²) in [4.78, 5) is 38.8. The van der Waals surface area contributed by atoms with Crippen molar-refractivity contribution in [1.82, 2.24) is 0 Å². The molecule has 31 heavy (non-hydrogen) atoms. The average molecular weight is 550 g/mol. The van der Waals surface area contributed by atoms with E-state index in [1.165, 1.54) is 8.92 Å². The number of ketones is 2. The van der Waals surface area contributed by atoms with Gasteiger partial charge in [0.2, 0.25) is 0 Å². The maximum atomic E-state index is 13.6. The Morgan fingerprint density at radius 2 is 1.45 bits per heavy atom. The van der Waals surface area contributed by atoms with Gasteiger partial charge in [0.1, 0.15) is 0 Å². The topological polar surface area (TPSA) is 60.4 Å². The van der Waals surface area contributed by atoms with E-state index in [1.54, 1.807) is 20.8 Å². The molecule has 0 amide bonds. The van der Waals surface area contributed by atoms with Crippen molar-refractivity contribution in [2.75, 3.05) is 6.61 Å². The number of hydrogen-bond donors (Lipinski definition) is 0. The second-order valence-electron chi connectivity index (χ2n) is 7.87. The van der Waals surface area contributed by atoms with Gasteiger partial charge in [0.05, 0.1) is 0 Å². The van der Waals surface area contributed by atoms with Gasteiger partial charge >= 0.3 is 197 Å². The summed E-state index contributed by atoms with van der Waals surface area (Å²) in [6.07, 6.45) is 0.842. The zero-order valence-corrected chi connectivity index (χ0v) is 21.5. The summed E-state index contributed by atoms with van der Waals surface area (Å²) in [5.41, 5.74) is -0.955. The third-order valence-electron chi connectivity index (χ3n) is 5.84. The van der Waals surface area contributed by atoms with Crippen LogP contribution >= 0.6 is 0 Å². The molecule has 0 saturated heterocycles. The summed E-state index contributed by atoms with van der Waals surface area (Å²) in [5.74, 6) is -1.04. The molecular weight excluding hydrogens is 522 g/mol. The van der Waals surface area contributed by atoms with Gasteiger partial charge in [-0.1, -0.05) is 0 Å². The number of hydrogen-bond acceptors (Lipinski definition) is 4. The number of ether oxygens (including phenoxy) is 1. The summed E-state index contributed by atoms with van der Waals surface area (Å²) in [6.45, 7) is 5.19. The van der Waals surface area contributed by atoms with Gasteiger partial charge in [0.15, 0.2) is 0 Å². The molecule has 0 aliphatic heterocycles. The van der Waals surface area contributed by atoms with Crippen LogP contribution in [0.3, 0.4) is 0 Å². The number of carbonyl (C=O) groups excluding carboxylic acids is 3. The Morgan fingerprint density at radius 3 is 1.87 bits per heavy atom. The molecule has 1 aliphatic rings. The van der Waals surface area contributed by atoms with Crippen LogP contribution in [-0.4, -0.2) is 54.1 Å². The molecule has 1 saturated carbocycles. The molecule has 2 aromatic rings.